The van der Waals surface area contributed by atoms with E-state index in [1.807, 2.05) is 20.2 Å². The Morgan fingerprint density at radius 2 is 2.25 bits per heavy atom. The molecule has 0 amide bonds. The lowest BCUT2D eigenvalue weighted by Gasteiger charge is -2.06. The van der Waals surface area contributed by atoms with Gasteiger partial charge in [0, 0.05) is 13.0 Å². The number of hydrogen-bond donors (Lipinski definition) is 1. The fourth-order valence-corrected chi connectivity index (χ4v) is 1.35. The van der Waals surface area contributed by atoms with Crippen LogP contribution in [0.1, 0.15) is 30.3 Å². The molecular weight excluding hydrogens is 150 g/mol. The maximum absolute atomic E-state index is 4.43. The van der Waals surface area contributed by atoms with Crippen LogP contribution in [0.5, 0.6) is 0 Å². The minimum atomic E-state index is 0.689. The monoisotopic (exact) mass is 163 g/mol. The van der Waals surface area contributed by atoms with Gasteiger partial charge in [0.2, 0.25) is 0 Å². The molecule has 1 aliphatic carbocycles. The largest absolute Gasteiger partial charge is 0.385 e. The van der Waals surface area contributed by atoms with E-state index < -0.39 is 0 Å². The maximum Gasteiger partial charge on any atom is 0.125 e. The minimum Gasteiger partial charge on any atom is -0.385 e. The van der Waals surface area contributed by atoms with Crippen LogP contribution in [-0.2, 0) is 0 Å². The zero-order chi connectivity index (χ0) is 8.55. The molecule has 1 heterocycles. The molecule has 0 unspecified atom stereocenters. The van der Waals surface area contributed by atoms with Gasteiger partial charge >= 0.3 is 0 Å². The Labute approximate surface area is 72.2 Å². The van der Waals surface area contributed by atoms with Crippen molar-refractivity contribution in [3.63, 3.8) is 0 Å². The molecule has 12 heavy (non-hydrogen) atoms. The Bertz CT molecular complexity index is 292. The van der Waals surface area contributed by atoms with Gasteiger partial charge in [0.1, 0.15) is 5.82 Å². The van der Waals surface area contributed by atoms with E-state index in [0.29, 0.717) is 5.92 Å². The molecule has 0 bridgehead atoms. The van der Waals surface area contributed by atoms with Gasteiger partial charge in [-0.05, 0) is 19.8 Å². The first-order valence-corrected chi connectivity index (χ1v) is 4.32. The topological polar surface area (TPSA) is 37.8 Å². The lowest BCUT2D eigenvalue weighted by atomic mass is 10.2. The molecule has 1 aromatic rings. The van der Waals surface area contributed by atoms with Crippen molar-refractivity contribution in [2.24, 2.45) is 0 Å². The van der Waals surface area contributed by atoms with E-state index >= 15 is 0 Å². The Morgan fingerprint density at radius 3 is 2.83 bits per heavy atom. The molecule has 1 aliphatic rings. The summed E-state index contributed by atoms with van der Waals surface area (Å²) in [6.45, 7) is 1.94. The zero-order valence-corrected chi connectivity index (χ0v) is 7.46. The van der Waals surface area contributed by atoms with Crippen molar-refractivity contribution < 1.29 is 0 Å². The van der Waals surface area contributed by atoms with Crippen molar-refractivity contribution in [2.45, 2.75) is 25.7 Å². The molecule has 1 saturated carbocycles. The summed E-state index contributed by atoms with van der Waals surface area (Å²) in [7, 11) is 1.92. The molecule has 0 saturated heterocycles. The maximum atomic E-state index is 4.43. The van der Waals surface area contributed by atoms with Crippen molar-refractivity contribution in [2.75, 3.05) is 12.4 Å². The smallest absolute Gasteiger partial charge is 0.125 e. The van der Waals surface area contributed by atoms with Gasteiger partial charge in [-0.25, -0.2) is 9.97 Å². The van der Waals surface area contributed by atoms with Gasteiger partial charge in [-0.15, -0.1) is 0 Å². The van der Waals surface area contributed by atoms with Crippen LogP contribution >= 0.6 is 0 Å². The molecule has 1 fully saturated rings. The average Bonchev–Trinajstić information content (AvgIpc) is 2.87. The number of nitrogens with zero attached hydrogens (tertiary/aromatic N) is 2. The van der Waals surface area contributed by atoms with E-state index in [0.717, 1.165) is 11.5 Å². The number of hydrogen-bond acceptors (Lipinski definition) is 3. The number of aryl methyl sites for hydroxylation is 1. The van der Waals surface area contributed by atoms with Crippen molar-refractivity contribution >= 4 is 5.69 Å². The first kappa shape index (κ1) is 7.53. The van der Waals surface area contributed by atoms with Crippen LogP contribution in [0.2, 0.25) is 0 Å². The normalized spacial score (nSPS) is 16.2. The highest BCUT2D eigenvalue weighted by Gasteiger charge is 2.27. The van der Waals surface area contributed by atoms with E-state index in [9.17, 15) is 0 Å². The second-order valence-corrected chi connectivity index (χ2v) is 3.24. The molecular formula is C9H13N3. The summed E-state index contributed by atoms with van der Waals surface area (Å²) in [6, 6.07) is 0. The average molecular weight is 163 g/mol. The SMILES string of the molecule is CNc1cnc(C)nc1C1CC1. The quantitative estimate of drug-likeness (QED) is 0.721. The van der Waals surface area contributed by atoms with Crippen molar-refractivity contribution in [3.8, 4) is 0 Å². The van der Waals surface area contributed by atoms with Crippen molar-refractivity contribution in [1.82, 2.24) is 9.97 Å². The number of anilines is 1. The molecule has 0 aliphatic heterocycles. The molecule has 64 valence electrons. The zero-order valence-electron chi connectivity index (χ0n) is 7.46. The predicted molar refractivity (Wildman–Crippen MR) is 48.3 cm³/mol. The third-order valence-electron chi connectivity index (χ3n) is 2.17. The van der Waals surface area contributed by atoms with Gasteiger partial charge in [0.25, 0.3) is 0 Å². The van der Waals surface area contributed by atoms with Gasteiger partial charge in [0.05, 0.1) is 17.6 Å². The summed E-state index contributed by atoms with van der Waals surface area (Å²) in [5.41, 5.74) is 2.29. The van der Waals surface area contributed by atoms with Crippen LogP contribution < -0.4 is 5.32 Å². The van der Waals surface area contributed by atoms with Gasteiger partial charge in [0.15, 0.2) is 0 Å². The Morgan fingerprint density at radius 1 is 1.50 bits per heavy atom. The molecule has 3 nitrogen and oxygen atoms in total. The fourth-order valence-electron chi connectivity index (χ4n) is 1.35. The summed E-state index contributed by atoms with van der Waals surface area (Å²) in [5, 5.41) is 3.12. The number of nitrogens with one attached hydrogen (secondary N) is 1. The van der Waals surface area contributed by atoms with Crippen molar-refractivity contribution in [1.29, 1.82) is 0 Å². The van der Waals surface area contributed by atoms with Crippen LogP contribution in [0.15, 0.2) is 6.20 Å². The molecule has 3 heteroatoms. The van der Waals surface area contributed by atoms with E-state index in [1.54, 1.807) is 0 Å². The number of rotatable bonds is 2. The van der Waals surface area contributed by atoms with Crippen molar-refractivity contribution in [3.05, 3.63) is 17.7 Å². The third kappa shape index (κ3) is 1.26. The van der Waals surface area contributed by atoms with Crippen LogP contribution in [0.4, 0.5) is 5.69 Å². The van der Waals surface area contributed by atoms with Gasteiger partial charge in [-0.1, -0.05) is 0 Å². The lowest BCUT2D eigenvalue weighted by Crippen LogP contribution is -2.00. The van der Waals surface area contributed by atoms with Crippen LogP contribution in [0, 0.1) is 6.92 Å². The summed E-state index contributed by atoms with van der Waals surface area (Å²) in [5.74, 6) is 1.56. The third-order valence-corrected chi connectivity index (χ3v) is 2.17. The molecule has 1 aromatic heterocycles. The molecule has 0 atom stereocenters. The molecule has 0 aromatic carbocycles. The first-order chi connectivity index (χ1) is 5.81. The fraction of sp³-hybridized carbons (Fsp3) is 0.556. The second kappa shape index (κ2) is 2.73. The van der Waals surface area contributed by atoms with E-state index in [4.69, 9.17) is 0 Å². The first-order valence-electron chi connectivity index (χ1n) is 4.32. The van der Waals surface area contributed by atoms with Crippen LogP contribution in [0.3, 0.4) is 0 Å². The Hall–Kier alpha value is -1.12. The van der Waals surface area contributed by atoms with Gasteiger partial charge < -0.3 is 5.32 Å². The van der Waals surface area contributed by atoms with Gasteiger partial charge in [-0.2, -0.15) is 0 Å². The molecule has 0 spiro atoms. The van der Waals surface area contributed by atoms with Crippen LogP contribution in [-0.4, -0.2) is 17.0 Å². The Kier molecular flexibility index (Phi) is 1.71. The van der Waals surface area contributed by atoms with E-state index in [-0.39, 0.29) is 0 Å². The Balaban J connectivity index is 2.39. The standard InChI is InChI=1S/C9H13N3/c1-6-11-5-8(10-2)9(12-6)7-3-4-7/h5,7,10H,3-4H2,1-2H3. The van der Waals surface area contributed by atoms with Crippen LogP contribution in [0.25, 0.3) is 0 Å². The lowest BCUT2D eigenvalue weighted by molar-refractivity contribution is 0.942. The number of aromatic nitrogens is 2. The van der Waals surface area contributed by atoms with E-state index in [2.05, 4.69) is 15.3 Å². The minimum absolute atomic E-state index is 0.689. The summed E-state index contributed by atoms with van der Waals surface area (Å²) >= 11 is 0. The summed E-state index contributed by atoms with van der Waals surface area (Å²) in [6.07, 6.45) is 4.44. The molecule has 1 N–H and O–H groups in total. The second-order valence-electron chi connectivity index (χ2n) is 3.24. The highest BCUT2D eigenvalue weighted by Crippen LogP contribution is 2.41. The molecule has 2 rings (SSSR count). The van der Waals surface area contributed by atoms with E-state index in [1.165, 1.54) is 18.5 Å². The van der Waals surface area contributed by atoms with Gasteiger partial charge in [-0.3, -0.25) is 0 Å². The highest BCUT2D eigenvalue weighted by atomic mass is 15.0. The predicted octanol–water partition coefficient (Wildman–Crippen LogP) is 1.70. The highest BCUT2D eigenvalue weighted by molar-refractivity contribution is 5.48. The summed E-state index contributed by atoms with van der Waals surface area (Å²) < 4.78 is 0. The molecule has 0 radical (unpaired) electrons. The summed E-state index contributed by atoms with van der Waals surface area (Å²) in [4.78, 5) is 8.58.